The number of anilines is 1. The van der Waals surface area contributed by atoms with Gasteiger partial charge in [-0.3, -0.25) is 4.79 Å². The topological polar surface area (TPSA) is 55.6 Å². The summed E-state index contributed by atoms with van der Waals surface area (Å²) in [5.74, 6) is 2.02. The first-order chi connectivity index (χ1) is 9.86. The van der Waals surface area contributed by atoms with Crippen LogP contribution in [0.3, 0.4) is 0 Å². The van der Waals surface area contributed by atoms with E-state index in [2.05, 4.69) is 13.8 Å². The number of nitrogens with zero attached hydrogens (tertiary/aromatic N) is 1. The SMILES string of the molecule is CC1CC(C)CC(Oc2ccc(C(=O)N(C)C)cc2N)C1. The Morgan fingerprint density at radius 1 is 1.19 bits per heavy atom. The minimum absolute atomic E-state index is 0.0480. The summed E-state index contributed by atoms with van der Waals surface area (Å²) in [7, 11) is 3.46. The molecule has 0 radical (unpaired) electrons. The van der Waals surface area contributed by atoms with Crippen molar-refractivity contribution in [3.63, 3.8) is 0 Å². The summed E-state index contributed by atoms with van der Waals surface area (Å²) < 4.78 is 6.07. The maximum atomic E-state index is 11.9. The van der Waals surface area contributed by atoms with Gasteiger partial charge in [0, 0.05) is 19.7 Å². The molecular formula is C17H26N2O2. The van der Waals surface area contributed by atoms with Crippen LogP contribution in [0.5, 0.6) is 5.75 Å². The second-order valence-corrected chi connectivity index (χ2v) is 6.61. The molecule has 0 saturated heterocycles. The lowest BCUT2D eigenvalue weighted by atomic mass is 9.82. The molecule has 1 amide bonds. The molecule has 1 aliphatic rings. The van der Waals surface area contributed by atoms with Crippen LogP contribution in [0.1, 0.15) is 43.5 Å². The minimum atomic E-state index is -0.0480. The van der Waals surface area contributed by atoms with Crippen LogP contribution in [0.25, 0.3) is 0 Å². The first-order valence-corrected chi connectivity index (χ1v) is 7.64. The molecule has 4 heteroatoms. The first kappa shape index (κ1) is 15.7. The lowest BCUT2D eigenvalue weighted by Crippen LogP contribution is -2.28. The Balaban J connectivity index is 2.09. The van der Waals surface area contributed by atoms with Gasteiger partial charge in [0.2, 0.25) is 0 Å². The van der Waals surface area contributed by atoms with Crippen molar-refractivity contribution in [1.82, 2.24) is 4.90 Å². The molecule has 1 aromatic carbocycles. The Bertz CT molecular complexity index is 504. The maximum absolute atomic E-state index is 11.9. The lowest BCUT2D eigenvalue weighted by molar-refractivity contribution is 0.0827. The van der Waals surface area contributed by atoms with Crippen LogP contribution in [-0.2, 0) is 0 Å². The summed E-state index contributed by atoms with van der Waals surface area (Å²) in [4.78, 5) is 13.5. The number of carbonyl (C=O) groups is 1. The smallest absolute Gasteiger partial charge is 0.253 e. The summed E-state index contributed by atoms with van der Waals surface area (Å²) in [6.45, 7) is 4.54. The maximum Gasteiger partial charge on any atom is 0.253 e. The number of carbonyl (C=O) groups excluding carboxylic acids is 1. The van der Waals surface area contributed by atoms with Crippen molar-refractivity contribution >= 4 is 11.6 Å². The highest BCUT2D eigenvalue weighted by Gasteiger charge is 2.25. The van der Waals surface area contributed by atoms with Gasteiger partial charge in [-0.2, -0.15) is 0 Å². The van der Waals surface area contributed by atoms with Crippen molar-refractivity contribution in [2.24, 2.45) is 11.8 Å². The fourth-order valence-electron chi connectivity index (χ4n) is 3.20. The summed E-state index contributed by atoms with van der Waals surface area (Å²) in [5.41, 5.74) is 7.18. The van der Waals surface area contributed by atoms with Gasteiger partial charge in [0.15, 0.2) is 0 Å². The second kappa shape index (κ2) is 6.37. The van der Waals surface area contributed by atoms with Crippen molar-refractivity contribution in [2.45, 2.75) is 39.2 Å². The van der Waals surface area contributed by atoms with E-state index < -0.39 is 0 Å². The number of nitrogen functional groups attached to an aromatic ring is 1. The van der Waals surface area contributed by atoms with Gasteiger partial charge < -0.3 is 15.4 Å². The Hall–Kier alpha value is -1.71. The zero-order valence-electron chi connectivity index (χ0n) is 13.4. The molecule has 1 fully saturated rings. The van der Waals surface area contributed by atoms with Gasteiger partial charge in [0.05, 0.1) is 11.8 Å². The summed E-state index contributed by atoms with van der Waals surface area (Å²) >= 11 is 0. The molecule has 1 aliphatic carbocycles. The monoisotopic (exact) mass is 290 g/mol. The van der Waals surface area contributed by atoms with E-state index in [-0.39, 0.29) is 12.0 Å². The number of nitrogens with two attached hydrogens (primary N) is 1. The summed E-state index contributed by atoms with van der Waals surface area (Å²) in [6.07, 6.45) is 3.64. The van der Waals surface area contributed by atoms with E-state index in [1.165, 1.54) is 6.42 Å². The Labute approximate surface area is 127 Å². The average Bonchev–Trinajstić information content (AvgIpc) is 2.39. The zero-order chi connectivity index (χ0) is 15.6. The quantitative estimate of drug-likeness (QED) is 0.870. The fourth-order valence-corrected chi connectivity index (χ4v) is 3.20. The highest BCUT2D eigenvalue weighted by molar-refractivity contribution is 5.95. The van der Waals surface area contributed by atoms with E-state index >= 15 is 0 Å². The Morgan fingerprint density at radius 2 is 1.81 bits per heavy atom. The van der Waals surface area contributed by atoms with Crippen molar-refractivity contribution in [1.29, 1.82) is 0 Å². The van der Waals surface area contributed by atoms with Crippen LogP contribution < -0.4 is 10.5 Å². The summed E-state index contributed by atoms with van der Waals surface area (Å²) in [6, 6.07) is 5.30. The molecular weight excluding hydrogens is 264 g/mol. The van der Waals surface area contributed by atoms with Gasteiger partial charge in [0.1, 0.15) is 5.75 Å². The third kappa shape index (κ3) is 3.90. The molecule has 2 rings (SSSR count). The molecule has 0 heterocycles. The number of rotatable bonds is 3. The van der Waals surface area contributed by atoms with Gasteiger partial charge in [-0.1, -0.05) is 13.8 Å². The molecule has 0 aromatic heterocycles. The van der Waals surface area contributed by atoms with Gasteiger partial charge in [-0.25, -0.2) is 0 Å². The molecule has 0 spiro atoms. The number of benzene rings is 1. The number of ether oxygens (including phenoxy) is 1. The average molecular weight is 290 g/mol. The highest BCUT2D eigenvalue weighted by atomic mass is 16.5. The van der Waals surface area contributed by atoms with Gasteiger partial charge >= 0.3 is 0 Å². The molecule has 4 nitrogen and oxygen atoms in total. The van der Waals surface area contributed by atoms with Crippen molar-refractivity contribution in [3.05, 3.63) is 23.8 Å². The first-order valence-electron chi connectivity index (χ1n) is 7.64. The van der Waals surface area contributed by atoms with Crippen LogP contribution in [0.2, 0.25) is 0 Å². The van der Waals surface area contributed by atoms with Crippen molar-refractivity contribution < 1.29 is 9.53 Å². The van der Waals surface area contributed by atoms with E-state index in [0.717, 1.165) is 12.8 Å². The molecule has 2 N–H and O–H groups in total. The van der Waals surface area contributed by atoms with Crippen LogP contribution >= 0.6 is 0 Å². The van der Waals surface area contributed by atoms with Crippen molar-refractivity contribution in [2.75, 3.05) is 19.8 Å². The third-order valence-electron chi connectivity index (χ3n) is 4.09. The Kier molecular flexibility index (Phi) is 4.76. The molecule has 1 aromatic rings. The van der Waals surface area contributed by atoms with E-state index in [0.29, 0.717) is 28.8 Å². The molecule has 21 heavy (non-hydrogen) atoms. The van der Waals surface area contributed by atoms with E-state index in [9.17, 15) is 4.79 Å². The second-order valence-electron chi connectivity index (χ2n) is 6.61. The van der Waals surface area contributed by atoms with Gasteiger partial charge in [-0.05, 0) is 49.3 Å². The zero-order valence-corrected chi connectivity index (χ0v) is 13.4. The molecule has 0 aliphatic heterocycles. The molecule has 2 unspecified atom stereocenters. The Morgan fingerprint density at radius 3 is 2.33 bits per heavy atom. The van der Waals surface area contributed by atoms with E-state index in [1.807, 2.05) is 6.07 Å². The molecule has 0 bridgehead atoms. The van der Waals surface area contributed by atoms with Crippen LogP contribution in [0.15, 0.2) is 18.2 Å². The number of hydrogen-bond donors (Lipinski definition) is 1. The van der Waals surface area contributed by atoms with Gasteiger partial charge in [-0.15, -0.1) is 0 Å². The largest absolute Gasteiger partial charge is 0.488 e. The van der Waals surface area contributed by atoms with Crippen LogP contribution in [-0.4, -0.2) is 31.0 Å². The fraction of sp³-hybridized carbons (Fsp3) is 0.588. The predicted molar refractivity (Wildman–Crippen MR) is 85.5 cm³/mol. The standard InChI is InChI=1S/C17H26N2O2/c1-11-7-12(2)9-14(8-11)21-16-6-5-13(10-15(16)18)17(20)19(3)4/h5-6,10-12,14H,7-9,18H2,1-4H3. The predicted octanol–water partition coefficient (Wildman–Crippen LogP) is 3.17. The molecule has 2 atom stereocenters. The number of hydrogen-bond acceptors (Lipinski definition) is 3. The normalized spacial score (nSPS) is 25.4. The van der Waals surface area contributed by atoms with E-state index in [1.54, 1.807) is 31.1 Å². The summed E-state index contributed by atoms with van der Waals surface area (Å²) in [5, 5.41) is 0. The molecule has 1 saturated carbocycles. The van der Waals surface area contributed by atoms with Crippen molar-refractivity contribution in [3.8, 4) is 5.75 Å². The molecule has 116 valence electrons. The van der Waals surface area contributed by atoms with Crippen LogP contribution in [0, 0.1) is 11.8 Å². The minimum Gasteiger partial charge on any atom is -0.488 e. The number of amides is 1. The third-order valence-corrected chi connectivity index (χ3v) is 4.09. The van der Waals surface area contributed by atoms with Gasteiger partial charge in [0.25, 0.3) is 5.91 Å². The highest BCUT2D eigenvalue weighted by Crippen LogP contribution is 2.33. The van der Waals surface area contributed by atoms with E-state index in [4.69, 9.17) is 10.5 Å². The lowest BCUT2D eigenvalue weighted by Gasteiger charge is -2.32. The van der Waals surface area contributed by atoms with Crippen LogP contribution in [0.4, 0.5) is 5.69 Å².